The van der Waals surface area contributed by atoms with E-state index in [1.165, 1.54) is 4.90 Å². The fourth-order valence-electron chi connectivity index (χ4n) is 1.59. The van der Waals surface area contributed by atoms with Gasteiger partial charge in [-0.05, 0) is 12.1 Å². The number of hydrogen-bond acceptors (Lipinski definition) is 3. The lowest BCUT2D eigenvalue weighted by Gasteiger charge is -2.29. The Morgan fingerprint density at radius 1 is 1.41 bits per heavy atom. The Labute approximate surface area is 103 Å². The van der Waals surface area contributed by atoms with E-state index in [1.807, 2.05) is 6.07 Å². The van der Waals surface area contributed by atoms with Crippen LogP contribution in [-0.2, 0) is 4.79 Å². The molecule has 0 bridgehead atoms. The number of rotatable bonds is 1. The number of carbonyl (C=O) groups excluding carboxylic acids is 2. The maximum atomic E-state index is 11.6. The third kappa shape index (κ3) is 2.08. The van der Waals surface area contributed by atoms with Crippen LogP contribution in [0.25, 0.3) is 0 Å². The van der Waals surface area contributed by atoms with Crippen molar-refractivity contribution in [2.45, 2.75) is 0 Å². The van der Waals surface area contributed by atoms with Crippen LogP contribution in [0.4, 0.5) is 10.5 Å². The van der Waals surface area contributed by atoms with Crippen LogP contribution in [0.2, 0.25) is 5.02 Å². The van der Waals surface area contributed by atoms with Crippen LogP contribution >= 0.6 is 11.6 Å². The van der Waals surface area contributed by atoms with Crippen molar-refractivity contribution in [3.8, 4) is 6.07 Å². The van der Waals surface area contributed by atoms with E-state index in [1.54, 1.807) is 24.3 Å². The zero-order valence-corrected chi connectivity index (χ0v) is 9.44. The van der Waals surface area contributed by atoms with E-state index in [9.17, 15) is 9.59 Å². The molecule has 1 aromatic rings. The number of amides is 3. The summed E-state index contributed by atoms with van der Waals surface area (Å²) in [4.78, 5) is 24.2. The minimum Gasteiger partial charge on any atom is -0.291 e. The van der Waals surface area contributed by atoms with E-state index in [0.717, 1.165) is 0 Å². The fourth-order valence-corrected chi connectivity index (χ4v) is 1.82. The molecule has 1 aliphatic heterocycles. The largest absolute Gasteiger partial charge is 0.328 e. The predicted octanol–water partition coefficient (Wildman–Crippen LogP) is 1.54. The summed E-state index contributed by atoms with van der Waals surface area (Å²) in [7, 11) is 0. The molecule has 17 heavy (non-hydrogen) atoms. The molecule has 0 radical (unpaired) electrons. The van der Waals surface area contributed by atoms with Crippen molar-refractivity contribution in [3.05, 3.63) is 29.3 Å². The Kier molecular flexibility index (Phi) is 2.98. The molecule has 0 aromatic heterocycles. The molecule has 1 heterocycles. The monoisotopic (exact) mass is 249 g/mol. The van der Waals surface area contributed by atoms with Gasteiger partial charge in [0.1, 0.15) is 5.92 Å². The van der Waals surface area contributed by atoms with Gasteiger partial charge in [0.05, 0.1) is 23.3 Å². The minimum absolute atomic E-state index is 0.0187. The van der Waals surface area contributed by atoms with E-state index < -0.39 is 17.9 Å². The van der Waals surface area contributed by atoms with Crippen molar-refractivity contribution in [1.82, 2.24) is 5.32 Å². The number of urea groups is 1. The summed E-state index contributed by atoms with van der Waals surface area (Å²) in [6, 6.07) is 8.05. The number of carbonyl (C=O) groups is 2. The third-order valence-corrected chi connectivity index (χ3v) is 2.78. The first kappa shape index (κ1) is 11.4. The summed E-state index contributed by atoms with van der Waals surface area (Å²) in [5, 5.41) is 11.3. The molecule has 86 valence electrons. The van der Waals surface area contributed by atoms with Gasteiger partial charge in [0, 0.05) is 0 Å². The lowest BCUT2D eigenvalue weighted by molar-refractivity contribution is -0.122. The molecule has 6 heteroatoms. The van der Waals surface area contributed by atoms with Gasteiger partial charge < -0.3 is 0 Å². The Hall–Kier alpha value is -2.06. The normalized spacial score (nSPS) is 19.8. The zero-order valence-electron chi connectivity index (χ0n) is 8.68. The molecule has 2 rings (SSSR count). The highest BCUT2D eigenvalue weighted by Crippen LogP contribution is 2.27. The highest BCUT2D eigenvalue weighted by molar-refractivity contribution is 6.34. The molecule has 3 amide bonds. The second-order valence-corrected chi connectivity index (χ2v) is 3.95. The molecule has 5 nitrogen and oxygen atoms in total. The number of benzene rings is 1. The maximum Gasteiger partial charge on any atom is 0.328 e. The van der Waals surface area contributed by atoms with Crippen LogP contribution in [-0.4, -0.2) is 18.5 Å². The molecule has 1 saturated heterocycles. The standard InChI is InChI=1S/C11H8ClN3O2/c12-8-3-1-2-4-9(8)15-6-7(5-13)10(16)14-11(15)17/h1-4,7H,6H2,(H,14,16,17)/t7-/m0/s1. The zero-order chi connectivity index (χ0) is 12.4. The van der Waals surface area contributed by atoms with Crippen molar-refractivity contribution >= 4 is 29.2 Å². The topological polar surface area (TPSA) is 73.2 Å². The molecule has 1 N–H and O–H groups in total. The quantitative estimate of drug-likeness (QED) is 0.820. The summed E-state index contributed by atoms with van der Waals surface area (Å²) in [5.74, 6) is -1.44. The van der Waals surface area contributed by atoms with Crippen LogP contribution in [0.15, 0.2) is 24.3 Å². The van der Waals surface area contributed by atoms with Gasteiger partial charge in [-0.15, -0.1) is 0 Å². The summed E-state index contributed by atoms with van der Waals surface area (Å²) >= 11 is 5.96. The molecule has 1 aliphatic rings. The van der Waals surface area contributed by atoms with Crippen molar-refractivity contribution in [3.63, 3.8) is 0 Å². The lowest BCUT2D eigenvalue weighted by atomic mass is 10.1. The molecule has 1 atom stereocenters. The Balaban J connectivity index is 2.33. The Morgan fingerprint density at radius 3 is 2.76 bits per heavy atom. The summed E-state index contributed by atoms with van der Waals surface area (Å²) in [5.41, 5.74) is 0.486. The molecule has 0 saturated carbocycles. The molecule has 0 spiro atoms. The summed E-state index contributed by atoms with van der Waals surface area (Å²) in [6.07, 6.45) is 0. The van der Waals surface area contributed by atoms with Crippen molar-refractivity contribution in [2.75, 3.05) is 11.4 Å². The first-order valence-corrected chi connectivity index (χ1v) is 5.28. The average Bonchev–Trinajstić information content (AvgIpc) is 2.31. The maximum absolute atomic E-state index is 11.6. The molecule has 1 fully saturated rings. The lowest BCUT2D eigenvalue weighted by Crippen LogP contribution is -2.54. The number of nitriles is 1. The van der Waals surface area contributed by atoms with Crippen LogP contribution in [0, 0.1) is 17.2 Å². The van der Waals surface area contributed by atoms with Crippen LogP contribution in [0.1, 0.15) is 0 Å². The van der Waals surface area contributed by atoms with Crippen molar-refractivity contribution < 1.29 is 9.59 Å². The van der Waals surface area contributed by atoms with Gasteiger partial charge in [-0.1, -0.05) is 23.7 Å². The SMILES string of the molecule is N#C[C@H]1CN(c2ccccc2Cl)C(=O)NC1=O. The van der Waals surface area contributed by atoms with Crippen LogP contribution < -0.4 is 10.2 Å². The van der Waals surface area contributed by atoms with Gasteiger partial charge in [0.25, 0.3) is 0 Å². The van der Waals surface area contributed by atoms with Gasteiger partial charge in [0.15, 0.2) is 0 Å². The van der Waals surface area contributed by atoms with Crippen molar-refractivity contribution in [1.29, 1.82) is 5.26 Å². The number of imide groups is 1. The number of hydrogen-bond donors (Lipinski definition) is 1. The Morgan fingerprint density at radius 2 is 2.12 bits per heavy atom. The number of para-hydroxylation sites is 1. The van der Waals surface area contributed by atoms with E-state index in [-0.39, 0.29) is 6.54 Å². The second-order valence-electron chi connectivity index (χ2n) is 3.54. The first-order valence-electron chi connectivity index (χ1n) is 4.90. The van der Waals surface area contributed by atoms with Gasteiger partial charge in [-0.3, -0.25) is 15.0 Å². The smallest absolute Gasteiger partial charge is 0.291 e. The van der Waals surface area contributed by atoms with E-state index in [4.69, 9.17) is 16.9 Å². The number of nitrogens with zero attached hydrogens (tertiary/aromatic N) is 2. The van der Waals surface area contributed by atoms with Gasteiger partial charge in [-0.2, -0.15) is 5.26 Å². The average molecular weight is 250 g/mol. The van der Waals surface area contributed by atoms with Crippen LogP contribution in [0.5, 0.6) is 0 Å². The molecule has 0 unspecified atom stereocenters. The minimum atomic E-state index is -0.871. The molecule has 1 aromatic carbocycles. The third-order valence-electron chi connectivity index (χ3n) is 2.46. The number of anilines is 1. The van der Waals surface area contributed by atoms with Gasteiger partial charge in [-0.25, -0.2) is 4.79 Å². The predicted molar refractivity (Wildman–Crippen MR) is 61.4 cm³/mol. The van der Waals surface area contributed by atoms with Gasteiger partial charge >= 0.3 is 6.03 Å². The molecular weight excluding hydrogens is 242 g/mol. The molecule has 0 aliphatic carbocycles. The highest BCUT2D eigenvalue weighted by Gasteiger charge is 2.33. The van der Waals surface area contributed by atoms with E-state index in [0.29, 0.717) is 10.7 Å². The van der Waals surface area contributed by atoms with Crippen LogP contribution in [0.3, 0.4) is 0 Å². The fraction of sp³-hybridized carbons (Fsp3) is 0.182. The highest BCUT2D eigenvalue weighted by atomic mass is 35.5. The number of halogens is 1. The molecular formula is C11H8ClN3O2. The summed E-state index contributed by atoms with van der Waals surface area (Å²) < 4.78 is 0. The summed E-state index contributed by atoms with van der Waals surface area (Å²) in [6.45, 7) is 0.0187. The van der Waals surface area contributed by atoms with E-state index >= 15 is 0 Å². The second kappa shape index (κ2) is 4.44. The van der Waals surface area contributed by atoms with Gasteiger partial charge in [0.2, 0.25) is 5.91 Å². The van der Waals surface area contributed by atoms with E-state index in [2.05, 4.69) is 5.32 Å². The Bertz CT molecular complexity index is 524. The first-order chi connectivity index (χ1) is 8.13. The van der Waals surface area contributed by atoms with Crippen molar-refractivity contribution in [2.24, 2.45) is 5.92 Å². The number of nitrogens with one attached hydrogen (secondary N) is 1.